The molecule has 0 bridgehead atoms. The highest BCUT2D eigenvalue weighted by molar-refractivity contribution is 9.10. The van der Waals surface area contributed by atoms with E-state index in [1.54, 1.807) is 12.1 Å². The van der Waals surface area contributed by atoms with Crippen LogP contribution < -0.4 is 5.43 Å². The van der Waals surface area contributed by atoms with Crippen LogP contribution in [-0.4, -0.2) is 26.6 Å². The van der Waals surface area contributed by atoms with E-state index in [0.717, 1.165) is 10.0 Å². The van der Waals surface area contributed by atoms with E-state index in [4.69, 9.17) is 5.11 Å². The number of nitrogens with zero attached hydrogens (tertiary/aromatic N) is 2. The number of aromatic nitrogens is 1. The summed E-state index contributed by atoms with van der Waals surface area (Å²) in [5.41, 5.74) is 4.54. The van der Waals surface area contributed by atoms with Gasteiger partial charge in [-0.3, -0.25) is 29.8 Å². The number of hydrogen-bond acceptors (Lipinski definition) is 4. The van der Waals surface area contributed by atoms with Crippen LogP contribution in [0.5, 0.6) is 0 Å². The molecule has 1 heterocycles. The van der Waals surface area contributed by atoms with Crippen molar-refractivity contribution in [3.8, 4) is 11.3 Å². The van der Waals surface area contributed by atoms with Gasteiger partial charge in [0.25, 0.3) is 11.6 Å². The number of aliphatic carboxylic acids is 1. The Kier molecular flexibility index (Phi) is 5.55. The fourth-order valence-corrected chi connectivity index (χ4v) is 2.91. The highest BCUT2D eigenvalue weighted by atomic mass is 79.9. The number of hydrogen-bond donors (Lipinski definition) is 2. The van der Waals surface area contributed by atoms with Crippen LogP contribution in [0.25, 0.3) is 11.3 Å². The summed E-state index contributed by atoms with van der Waals surface area (Å²) in [6.07, 6.45) is -0.281. The topological polar surface area (TPSA) is 114 Å². The third-order valence-electron chi connectivity index (χ3n) is 3.99. The zero-order chi connectivity index (χ0) is 20.3. The van der Waals surface area contributed by atoms with E-state index in [-0.39, 0.29) is 17.7 Å². The number of nitrogens with one attached hydrogen (secondary N) is 1. The van der Waals surface area contributed by atoms with Crippen molar-refractivity contribution >= 4 is 33.5 Å². The van der Waals surface area contributed by atoms with Crippen LogP contribution in [0.1, 0.15) is 16.1 Å². The molecule has 3 aromatic rings. The van der Waals surface area contributed by atoms with Crippen molar-refractivity contribution in [2.24, 2.45) is 0 Å². The first-order chi connectivity index (χ1) is 13.3. The van der Waals surface area contributed by atoms with E-state index in [0.29, 0.717) is 11.4 Å². The summed E-state index contributed by atoms with van der Waals surface area (Å²) in [5.74, 6) is -1.55. The summed E-state index contributed by atoms with van der Waals surface area (Å²) < 4.78 is 2.30. The zero-order valence-electron chi connectivity index (χ0n) is 14.3. The molecule has 0 unspecified atom stereocenters. The maximum atomic E-state index is 12.6. The van der Waals surface area contributed by atoms with E-state index < -0.39 is 16.8 Å². The second-order valence-electron chi connectivity index (χ2n) is 5.87. The minimum Gasteiger partial charge on any atom is -0.481 e. The Balaban J connectivity index is 1.95. The molecule has 0 radical (unpaired) electrons. The molecule has 0 spiro atoms. The standard InChI is InChI=1S/C19H14BrN3O5/c20-14-5-1-12(2-6-14)17-10-9-16(11-18(24)25)22(17)21-19(26)13-3-7-15(8-4-13)23(27)28/h1-10H,11H2,(H,21,26)(H,24,25). The van der Waals surface area contributed by atoms with Gasteiger partial charge in [0.2, 0.25) is 0 Å². The number of carboxylic acid groups (broad SMARTS) is 1. The maximum absolute atomic E-state index is 12.6. The third-order valence-corrected chi connectivity index (χ3v) is 4.52. The molecule has 3 rings (SSSR count). The van der Waals surface area contributed by atoms with Crippen molar-refractivity contribution in [3.05, 3.63) is 86.5 Å². The highest BCUT2D eigenvalue weighted by Gasteiger charge is 2.16. The van der Waals surface area contributed by atoms with Crippen molar-refractivity contribution < 1.29 is 19.6 Å². The van der Waals surface area contributed by atoms with Crippen LogP contribution in [0.2, 0.25) is 0 Å². The number of nitro groups is 1. The monoisotopic (exact) mass is 443 g/mol. The lowest BCUT2D eigenvalue weighted by atomic mass is 10.1. The Labute approximate surface area is 167 Å². The van der Waals surface area contributed by atoms with E-state index in [1.165, 1.54) is 28.9 Å². The summed E-state index contributed by atoms with van der Waals surface area (Å²) in [7, 11) is 0. The lowest BCUT2D eigenvalue weighted by Gasteiger charge is -2.14. The molecule has 1 amide bonds. The van der Waals surface area contributed by atoms with Gasteiger partial charge in [-0.15, -0.1) is 0 Å². The summed E-state index contributed by atoms with van der Waals surface area (Å²) in [6.45, 7) is 0. The molecular weight excluding hydrogens is 430 g/mol. The quantitative estimate of drug-likeness (QED) is 0.443. The van der Waals surface area contributed by atoms with Crippen molar-refractivity contribution in [2.45, 2.75) is 6.42 Å². The van der Waals surface area contributed by atoms with Gasteiger partial charge in [0.05, 0.1) is 22.7 Å². The Hall–Kier alpha value is -3.46. The largest absolute Gasteiger partial charge is 0.481 e. The first-order valence-electron chi connectivity index (χ1n) is 8.09. The predicted octanol–water partition coefficient (Wildman–Crippen LogP) is 3.84. The number of rotatable bonds is 6. The lowest BCUT2D eigenvalue weighted by molar-refractivity contribution is -0.384. The second kappa shape index (κ2) is 8.05. The molecule has 28 heavy (non-hydrogen) atoms. The van der Waals surface area contributed by atoms with Gasteiger partial charge in [-0.2, -0.15) is 0 Å². The smallest absolute Gasteiger partial charge is 0.309 e. The summed E-state index contributed by atoms with van der Waals surface area (Å²) >= 11 is 3.36. The number of carbonyl (C=O) groups is 2. The van der Waals surface area contributed by atoms with Gasteiger partial charge >= 0.3 is 5.97 Å². The van der Waals surface area contributed by atoms with Crippen LogP contribution in [0.3, 0.4) is 0 Å². The lowest BCUT2D eigenvalue weighted by Crippen LogP contribution is -2.26. The Morgan fingerprint density at radius 2 is 1.68 bits per heavy atom. The van der Waals surface area contributed by atoms with Crippen molar-refractivity contribution in [1.29, 1.82) is 0 Å². The molecule has 0 aliphatic heterocycles. The van der Waals surface area contributed by atoms with Gasteiger partial charge in [-0.05, 0) is 36.4 Å². The number of non-ortho nitro benzene ring substituents is 1. The highest BCUT2D eigenvalue weighted by Crippen LogP contribution is 2.24. The molecule has 1 aromatic heterocycles. The van der Waals surface area contributed by atoms with Crippen molar-refractivity contribution in [2.75, 3.05) is 5.43 Å². The molecule has 8 nitrogen and oxygen atoms in total. The van der Waals surface area contributed by atoms with Crippen LogP contribution in [0.4, 0.5) is 5.69 Å². The van der Waals surface area contributed by atoms with Gasteiger partial charge in [-0.25, -0.2) is 0 Å². The number of carboxylic acids is 1. The Morgan fingerprint density at radius 1 is 1.04 bits per heavy atom. The van der Waals surface area contributed by atoms with E-state index in [1.807, 2.05) is 24.3 Å². The normalized spacial score (nSPS) is 10.5. The number of halogens is 1. The predicted molar refractivity (Wildman–Crippen MR) is 106 cm³/mol. The molecular formula is C19H14BrN3O5. The zero-order valence-corrected chi connectivity index (χ0v) is 15.9. The van der Waals surface area contributed by atoms with E-state index >= 15 is 0 Å². The molecule has 0 atom stereocenters. The van der Waals surface area contributed by atoms with Crippen molar-refractivity contribution in [3.63, 3.8) is 0 Å². The number of carbonyl (C=O) groups excluding carboxylic acids is 1. The molecule has 9 heteroatoms. The average molecular weight is 444 g/mol. The van der Waals surface area contributed by atoms with Crippen molar-refractivity contribution in [1.82, 2.24) is 4.68 Å². The summed E-state index contributed by atoms with van der Waals surface area (Å²) in [4.78, 5) is 34.0. The first-order valence-corrected chi connectivity index (χ1v) is 8.88. The van der Waals surface area contributed by atoms with E-state index in [2.05, 4.69) is 21.4 Å². The fraction of sp³-hybridized carbons (Fsp3) is 0.0526. The molecule has 0 saturated heterocycles. The SMILES string of the molecule is O=C(O)Cc1ccc(-c2ccc(Br)cc2)n1NC(=O)c1ccc([N+](=O)[O-])cc1. The van der Waals surface area contributed by atoms with Crippen LogP contribution >= 0.6 is 15.9 Å². The Bertz CT molecular complexity index is 1040. The fourth-order valence-electron chi connectivity index (χ4n) is 2.65. The molecule has 0 aliphatic rings. The van der Waals surface area contributed by atoms with Gasteiger partial charge in [-0.1, -0.05) is 28.1 Å². The summed E-state index contributed by atoms with van der Waals surface area (Å²) in [6, 6.07) is 15.8. The van der Waals surface area contributed by atoms with Crippen LogP contribution in [0.15, 0.2) is 65.1 Å². The molecule has 2 N–H and O–H groups in total. The van der Waals surface area contributed by atoms with Crippen LogP contribution in [-0.2, 0) is 11.2 Å². The second-order valence-corrected chi connectivity index (χ2v) is 6.78. The van der Waals surface area contributed by atoms with Gasteiger partial charge in [0.15, 0.2) is 0 Å². The number of benzene rings is 2. The first kappa shape index (κ1) is 19.3. The van der Waals surface area contributed by atoms with Gasteiger partial charge in [0, 0.05) is 27.7 Å². The molecule has 0 aliphatic carbocycles. The summed E-state index contributed by atoms with van der Waals surface area (Å²) in [5, 5.41) is 19.9. The van der Waals surface area contributed by atoms with Gasteiger partial charge < -0.3 is 5.11 Å². The Morgan fingerprint density at radius 3 is 2.25 bits per heavy atom. The maximum Gasteiger partial charge on any atom is 0.309 e. The average Bonchev–Trinajstić information content (AvgIpc) is 3.04. The molecule has 0 saturated carbocycles. The number of nitro benzene ring substituents is 1. The third kappa shape index (κ3) is 4.26. The van der Waals surface area contributed by atoms with Crippen LogP contribution in [0, 0.1) is 10.1 Å². The number of amides is 1. The van der Waals surface area contributed by atoms with Gasteiger partial charge in [0.1, 0.15) is 0 Å². The molecule has 2 aromatic carbocycles. The molecule has 142 valence electrons. The molecule has 0 fully saturated rings. The minimum absolute atomic E-state index is 0.125. The minimum atomic E-state index is -1.04. The van der Waals surface area contributed by atoms with E-state index in [9.17, 15) is 19.7 Å².